The lowest BCUT2D eigenvalue weighted by molar-refractivity contribution is -0.149. The molecule has 7 heteroatoms. The molecule has 0 heterocycles. The molecule has 0 atom stereocenters. The summed E-state index contributed by atoms with van der Waals surface area (Å²) in [6.07, 6.45) is 2.77. The summed E-state index contributed by atoms with van der Waals surface area (Å²) < 4.78 is 0. The van der Waals surface area contributed by atoms with Gasteiger partial charge in [0.15, 0.2) is 0 Å². The van der Waals surface area contributed by atoms with Crippen LogP contribution in [0.5, 0.6) is 0 Å². The Bertz CT molecular complexity index is 380. The molecule has 0 bridgehead atoms. The van der Waals surface area contributed by atoms with Crippen LogP contribution in [0.2, 0.25) is 0 Å². The Balaban J connectivity index is 2.34. The summed E-state index contributed by atoms with van der Waals surface area (Å²) in [6, 6.07) is 0. The maximum atomic E-state index is 11.9. The van der Waals surface area contributed by atoms with Gasteiger partial charge in [-0.2, -0.15) is 0 Å². The van der Waals surface area contributed by atoms with Gasteiger partial charge in [-0.05, 0) is 25.7 Å². The van der Waals surface area contributed by atoms with Crippen LogP contribution < -0.4 is 10.6 Å². The molecule has 0 spiro atoms. The van der Waals surface area contributed by atoms with Gasteiger partial charge in [-0.3, -0.25) is 19.7 Å². The van der Waals surface area contributed by atoms with Crippen LogP contribution in [0, 0.1) is 0 Å². The van der Waals surface area contributed by atoms with Crippen LogP contribution in [0.15, 0.2) is 0 Å². The van der Waals surface area contributed by atoms with E-state index in [9.17, 15) is 14.4 Å². The lowest BCUT2D eigenvalue weighted by Gasteiger charge is -2.38. The van der Waals surface area contributed by atoms with E-state index in [1.165, 1.54) is 11.9 Å². The second kappa shape index (κ2) is 7.23. The van der Waals surface area contributed by atoms with Gasteiger partial charge in [-0.15, -0.1) is 0 Å². The summed E-state index contributed by atoms with van der Waals surface area (Å²) in [6.45, 7) is 2.45. The van der Waals surface area contributed by atoms with Crippen molar-refractivity contribution in [3.05, 3.63) is 0 Å². The Morgan fingerprint density at radius 2 is 1.95 bits per heavy atom. The fraction of sp³-hybridized carbons (Fsp3) is 0.769. The van der Waals surface area contributed by atoms with Crippen LogP contribution in [0.4, 0.5) is 0 Å². The smallest absolute Gasteiger partial charge is 0.323 e. The molecule has 1 aliphatic rings. The summed E-state index contributed by atoms with van der Waals surface area (Å²) in [5.74, 6) is -1.41. The third-order valence-corrected chi connectivity index (χ3v) is 3.57. The average Bonchev–Trinajstić information content (AvgIpc) is 2.34. The number of hydrogen-bond acceptors (Lipinski definition) is 4. The zero-order valence-corrected chi connectivity index (χ0v) is 12.1. The molecule has 0 aliphatic heterocycles. The van der Waals surface area contributed by atoms with Crippen LogP contribution in [0.25, 0.3) is 0 Å². The highest BCUT2D eigenvalue weighted by Crippen LogP contribution is 2.31. The van der Waals surface area contributed by atoms with Crippen molar-refractivity contribution in [2.45, 2.75) is 38.1 Å². The minimum Gasteiger partial charge on any atom is -0.480 e. The van der Waals surface area contributed by atoms with E-state index in [4.69, 9.17) is 5.11 Å². The number of hydrogen-bond donors (Lipinski definition) is 3. The van der Waals surface area contributed by atoms with E-state index in [1.54, 1.807) is 0 Å². The third kappa shape index (κ3) is 4.19. The van der Waals surface area contributed by atoms with Crippen molar-refractivity contribution in [2.24, 2.45) is 0 Å². The highest BCUT2D eigenvalue weighted by Gasteiger charge is 2.44. The molecule has 20 heavy (non-hydrogen) atoms. The van der Waals surface area contributed by atoms with Gasteiger partial charge in [0.25, 0.3) is 0 Å². The summed E-state index contributed by atoms with van der Waals surface area (Å²) in [5.41, 5.74) is -0.957. The number of nitrogens with one attached hydrogen (secondary N) is 2. The molecule has 0 unspecified atom stereocenters. The Kier molecular flexibility index (Phi) is 5.94. The van der Waals surface area contributed by atoms with E-state index < -0.39 is 11.5 Å². The summed E-state index contributed by atoms with van der Waals surface area (Å²) in [7, 11) is 1.53. The van der Waals surface area contributed by atoms with Gasteiger partial charge in [-0.25, -0.2) is 0 Å². The number of amides is 2. The van der Waals surface area contributed by atoms with E-state index in [-0.39, 0.29) is 24.9 Å². The maximum Gasteiger partial charge on any atom is 0.323 e. The molecular formula is C13H23N3O4. The normalized spacial score (nSPS) is 16.1. The van der Waals surface area contributed by atoms with Crippen molar-refractivity contribution in [1.29, 1.82) is 0 Å². The first-order chi connectivity index (χ1) is 9.41. The molecule has 2 amide bonds. The van der Waals surface area contributed by atoms with Gasteiger partial charge in [-0.1, -0.05) is 6.92 Å². The lowest BCUT2D eigenvalue weighted by Crippen LogP contribution is -2.59. The highest BCUT2D eigenvalue weighted by molar-refractivity contribution is 5.86. The van der Waals surface area contributed by atoms with Crippen molar-refractivity contribution in [1.82, 2.24) is 15.5 Å². The number of likely N-dealkylation sites (N-methyl/N-ethyl adjacent to an activating group) is 1. The molecule has 3 N–H and O–H groups in total. The van der Waals surface area contributed by atoms with Crippen molar-refractivity contribution in [2.75, 3.05) is 26.7 Å². The molecule has 0 aromatic heterocycles. The van der Waals surface area contributed by atoms with Crippen LogP contribution in [-0.2, 0) is 14.4 Å². The fourth-order valence-corrected chi connectivity index (χ4v) is 2.00. The van der Waals surface area contributed by atoms with E-state index in [2.05, 4.69) is 10.6 Å². The van der Waals surface area contributed by atoms with Gasteiger partial charge in [0.2, 0.25) is 11.8 Å². The van der Waals surface area contributed by atoms with Crippen molar-refractivity contribution >= 4 is 17.8 Å². The zero-order valence-electron chi connectivity index (χ0n) is 12.1. The summed E-state index contributed by atoms with van der Waals surface area (Å²) in [4.78, 5) is 35.8. The molecular weight excluding hydrogens is 262 g/mol. The quantitative estimate of drug-likeness (QED) is 0.562. The van der Waals surface area contributed by atoms with Gasteiger partial charge < -0.3 is 15.3 Å². The SMILES string of the molecule is CCCNC(=O)CN(C)C(=O)CNC1(C(=O)O)CCC1. The fourth-order valence-electron chi connectivity index (χ4n) is 2.00. The van der Waals surface area contributed by atoms with Crippen molar-refractivity contribution in [3.8, 4) is 0 Å². The van der Waals surface area contributed by atoms with E-state index in [0.29, 0.717) is 19.4 Å². The Morgan fingerprint density at radius 1 is 1.30 bits per heavy atom. The van der Waals surface area contributed by atoms with Crippen LogP contribution in [0.3, 0.4) is 0 Å². The number of rotatable bonds is 8. The topological polar surface area (TPSA) is 98.7 Å². The van der Waals surface area contributed by atoms with E-state index >= 15 is 0 Å². The summed E-state index contributed by atoms with van der Waals surface area (Å²) in [5, 5.41) is 14.6. The van der Waals surface area contributed by atoms with Crippen LogP contribution in [0.1, 0.15) is 32.6 Å². The predicted octanol–water partition coefficient (Wildman–Crippen LogP) is -0.432. The first-order valence-electron chi connectivity index (χ1n) is 6.90. The molecule has 114 valence electrons. The molecule has 0 saturated heterocycles. The number of carboxylic acids is 1. The zero-order chi connectivity index (χ0) is 15.2. The number of nitrogens with zero attached hydrogens (tertiary/aromatic N) is 1. The van der Waals surface area contributed by atoms with Crippen molar-refractivity contribution in [3.63, 3.8) is 0 Å². The Morgan fingerprint density at radius 3 is 2.40 bits per heavy atom. The lowest BCUT2D eigenvalue weighted by atomic mass is 9.77. The Hall–Kier alpha value is -1.63. The molecule has 1 fully saturated rings. The molecule has 7 nitrogen and oxygen atoms in total. The largest absolute Gasteiger partial charge is 0.480 e. The first-order valence-corrected chi connectivity index (χ1v) is 6.90. The van der Waals surface area contributed by atoms with E-state index in [0.717, 1.165) is 12.8 Å². The van der Waals surface area contributed by atoms with Crippen LogP contribution in [-0.4, -0.2) is 60.0 Å². The maximum absolute atomic E-state index is 11.9. The molecule has 1 aliphatic carbocycles. The Labute approximate surface area is 118 Å². The second-order valence-electron chi connectivity index (χ2n) is 5.19. The number of carbonyl (C=O) groups excluding carboxylic acids is 2. The third-order valence-electron chi connectivity index (χ3n) is 3.57. The van der Waals surface area contributed by atoms with Gasteiger partial charge in [0, 0.05) is 13.6 Å². The standard InChI is InChI=1S/C13H23N3O4/c1-3-7-14-10(17)9-16(2)11(18)8-15-13(12(19)20)5-4-6-13/h15H,3-9H2,1-2H3,(H,14,17)(H,19,20). The minimum atomic E-state index is -0.957. The minimum absolute atomic E-state index is 0.0133. The molecule has 1 rings (SSSR count). The molecule has 1 saturated carbocycles. The second-order valence-corrected chi connectivity index (χ2v) is 5.19. The predicted molar refractivity (Wildman–Crippen MR) is 73.2 cm³/mol. The van der Waals surface area contributed by atoms with Crippen LogP contribution >= 0.6 is 0 Å². The monoisotopic (exact) mass is 285 g/mol. The van der Waals surface area contributed by atoms with Crippen molar-refractivity contribution < 1.29 is 19.5 Å². The van der Waals surface area contributed by atoms with Gasteiger partial charge in [0.1, 0.15) is 5.54 Å². The highest BCUT2D eigenvalue weighted by atomic mass is 16.4. The average molecular weight is 285 g/mol. The van der Waals surface area contributed by atoms with Gasteiger partial charge >= 0.3 is 5.97 Å². The molecule has 0 aromatic rings. The van der Waals surface area contributed by atoms with Gasteiger partial charge in [0.05, 0.1) is 13.1 Å². The first kappa shape index (κ1) is 16.4. The van der Waals surface area contributed by atoms with E-state index in [1.807, 2.05) is 6.92 Å². The summed E-state index contributed by atoms with van der Waals surface area (Å²) >= 11 is 0. The number of carboxylic acid groups (broad SMARTS) is 1. The molecule has 0 aromatic carbocycles. The number of aliphatic carboxylic acids is 1. The number of carbonyl (C=O) groups is 3. The molecule has 0 radical (unpaired) electrons.